The van der Waals surface area contributed by atoms with E-state index >= 15 is 0 Å². The molecule has 0 fully saturated rings. The highest BCUT2D eigenvalue weighted by molar-refractivity contribution is 5.86. The normalized spacial score (nSPS) is 10.7. The summed E-state index contributed by atoms with van der Waals surface area (Å²) >= 11 is 0. The third-order valence-electron chi connectivity index (χ3n) is 3.60. The monoisotopic (exact) mass is 263 g/mol. The minimum absolute atomic E-state index is 0.723. The second kappa shape index (κ2) is 4.85. The van der Waals surface area contributed by atoms with Crippen LogP contribution in [0, 0.1) is 6.92 Å². The minimum atomic E-state index is 0.723. The number of benzene rings is 2. The number of aromatic nitrogens is 1. The number of hydrogen-bond acceptors (Lipinski definition) is 3. The summed E-state index contributed by atoms with van der Waals surface area (Å²) < 4.78 is 0. The maximum Gasteiger partial charge on any atom is 0.133 e. The number of fused-ring (bicyclic) bond motifs is 1. The lowest BCUT2D eigenvalue weighted by Gasteiger charge is -2.19. The van der Waals surface area contributed by atoms with E-state index in [0.29, 0.717) is 0 Å². The van der Waals surface area contributed by atoms with E-state index in [1.54, 1.807) is 6.20 Å². The van der Waals surface area contributed by atoms with Crippen LogP contribution in [-0.4, -0.2) is 12.0 Å². The molecule has 3 rings (SSSR count). The highest BCUT2D eigenvalue weighted by Gasteiger charge is 2.07. The van der Waals surface area contributed by atoms with E-state index in [-0.39, 0.29) is 0 Å². The van der Waals surface area contributed by atoms with Crippen molar-refractivity contribution in [3.8, 4) is 0 Å². The van der Waals surface area contributed by atoms with Crippen LogP contribution in [0.5, 0.6) is 0 Å². The van der Waals surface area contributed by atoms with E-state index in [0.717, 1.165) is 22.8 Å². The molecule has 0 saturated carbocycles. The SMILES string of the molecule is Cc1cc(N(C)c2ccc3ccccc3c2)ncc1N. The van der Waals surface area contributed by atoms with Crippen LogP contribution in [0.2, 0.25) is 0 Å². The number of rotatable bonds is 2. The van der Waals surface area contributed by atoms with Crippen LogP contribution in [0.3, 0.4) is 0 Å². The molecular weight excluding hydrogens is 246 g/mol. The summed E-state index contributed by atoms with van der Waals surface area (Å²) in [4.78, 5) is 6.46. The molecule has 0 unspecified atom stereocenters. The Bertz CT molecular complexity index is 765. The largest absolute Gasteiger partial charge is 0.397 e. The van der Waals surface area contributed by atoms with Crippen molar-refractivity contribution in [1.82, 2.24) is 4.98 Å². The van der Waals surface area contributed by atoms with E-state index in [9.17, 15) is 0 Å². The average Bonchev–Trinajstić information content (AvgIpc) is 2.49. The van der Waals surface area contributed by atoms with Gasteiger partial charge in [0.05, 0.1) is 11.9 Å². The van der Waals surface area contributed by atoms with Gasteiger partial charge in [-0.2, -0.15) is 0 Å². The summed E-state index contributed by atoms with van der Waals surface area (Å²) in [6.07, 6.45) is 1.71. The second-order valence-corrected chi connectivity index (χ2v) is 4.99. The summed E-state index contributed by atoms with van der Waals surface area (Å²) in [5, 5.41) is 2.47. The molecule has 2 N–H and O–H groups in total. The van der Waals surface area contributed by atoms with Crippen LogP contribution >= 0.6 is 0 Å². The van der Waals surface area contributed by atoms with Crippen LogP contribution < -0.4 is 10.6 Å². The lowest BCUT2D eigenvalue weighted by molar-refractivity contribution is 1.12. The predicted octanol–water partition coefficient (Wildman–Crippen LogP) is 3.89. The van der Waals surface area contributed by atoms with Crippen LogP contribution in [-0.2, 0) is 0 Å². The molecule has 0 aliphatic rings. The molecule has 0 bridgehead atoms. The van der Waals surface area contributed by atoms with Crippen molar-refractivity contribution in [2.24, 2.45) is 0 Å². The Kier molecular flexibility index (Phi) is 3.03. The topological polar surface area (TPSA) is 42.2 Å². The van der Waals surface area contributed by atoms with Gasteiger partial charge in [-0.3, -0.25) is 0 Å². The van der Waals surface area contributed by atoms with E-state index in [1.807, 2.05) is 20.0 Å². The molecule has 0 amide bonds. The summed E-state index contributed by atoms with van der Waals surface area (Å²) in [7, 11) is 2.02. The molecule has 0 atom stereocenters. The molecule has 1 heterocycles. The zero-order valence-electron chi connectivity index (χ0n) is 11.7. The van der Waals surface area contributed by atoms with Gasteiger partial charge in [0.25, 0.3) is 0 Å². The Morgan fingerprint density at radius 3 is 2.50 bits per heavy atom. The average molecular weight is 263 g/mol. The van der Waals surface area contributed by atoms with Crippen molar-refractivity contribution in [2.75, 3.05) is 17.7 Å². The van der Waals surface area contributed by atoms with Crippen molar-refractivity contribution in [1.29, 1.82) is 0 Å². The van der Waals surface area contributed by atoms with Crippen molar-refractivity contribution in [3.63, 3.8) is 0 Å². The standard InChI is InChI=1S/C17H17N3/c1-12-9-17(19-11-16(12)18)20(2)15-8-7-13-5-3-4-6-14(13)10-15/h3-11H,18H2,1-2H3. The summed E-state index contributed by atoms with van der Waals surface area (Å²) in [6.45, 7) is 1.99. The molecule has 2 aromatic carbocycles. The number of pyridine rings is 1. The van der Waals surface area contributed by atoms with E-state index in [2.05, 4.69) is 52.3 Å². The first kappa shape index (κ1) is 12.5. The molecule has 0 spiro atoms. The molecule has 100 valence electrons. The van der Waals surface area contributed by atoms with Crippen molar-refractivity contribution in [3.05, 3.63) is 60.3 Å². The first-order valence-corrected chi connectivity index (χ1v) is 6.60. The molecule has 1 aromatic heterocycles. The highest BCUT2D eigenvalue weighted by atomic mass is 15.2. The number of nitrogens with zero attached hydrogens (tertiary/aromatic N) is 2. The van der Waals surface area contributed by atoms with Gasteiger partial charge in [0.2, 0.25) is 0 Å². The number of nitrogens with two attached hydrogens (primary N) is 1. The van der Waals surface area contributed by atoms with Crippen molar-refractivity contribution < 1.29 is 0 Å². The maximum atomic E-state index is 5.82. The Hall–Kier alpha value is -2.55. The first-order chi connectivity index (χ1) is 9.65. The fourth-order valence-electron chi connectivity index (χ4n) is 2.25. The molecule has 3 nitrogen and oxygen atoms in total. The van der Waals surface area contributed by atoms with Gasteiger partial charge in [-0.15, -0.1) is 0 Å². The second-order valence-electron chi connectivity index (χ2n) is 4.99. The Morgan fingerprint density at radius 2 is 1.75 bits per heavy atom. The van der Waals surface area contributed by atoms with Gasteiger partial charge in [-0.05, 0) is 41.5 Å². The Morgan fingerprint density at radius 1 is 1.00 bits per heavy atom. The number of hydrogen-bond donors (Lipinski definition) is 1. The van der Waals surface area contributed by atoms with Crippen LogP contribution in [0.25, 0.3) is 10.8 Å². The maximum absolute atomic E-state index is 5.82. The Labute approximate surface area is 118 Å². The zero-order chi connectivity index (χ0) is 14.1. The van der Waals surface area contributed by atoms with Gasteiger partial charge in [0, 0.05) is 12.7 Å². The fraction of sp³-hybridized carbons (Fsp3) is 0.118. The van der Waals surface area contributed by atoms with Gasteiger partial charge >= 0.3 is 0 Å². The lowest BCUT2D eigenvalue weighted by atomic mass is 10.1. The number of anilines is 3. The third-order valence-corrected chi connectivity index (χ3v) is 3.60. The molecule has 0 aliphatic carbocycles. The predicted molar refractivity (Wildman–Crippen MR) is 85.4 cm³/mol. The number of aryl methyl sites for hydroxylation is 1. The Balaban J connectivity index is 2.02. The van der Waals surface area contributed by atoms with Crippen LogP contribution in [0.4, 0.5) is 17.2 Å². The smallest absolute Gasteiger partial charge is 0.133 e. The fourth-order valence-corrected chi connectivity index (χ4v) is 2.25. The third kappa shape index (κ3) is 2.18. The van der Waals surface area contributed by atoms with Gasteiger partial charge < -0.3 is 10.6 Å². The van der Waals surface area contributed by atoms with Gasteiger partial charge in [0.1, 0.15) is 5.82 Å². The van der Waals surface area contributed by atoms with Crippen molar-refractivity contribution in [2.45, 2.75) is 6.92 Å². The molecule has 0 aliphatic heterocycles. The first-order valence-electron chi connectivity index (χ1n) is 6.60. The van der Waals surface area contributed by atoms with E-state index in [4.69, 9.17) is 5.73 Å². The molecule has 0 radical (unpaired) electrons. The molecule has 0 saturated heterocycles. The highest BCUT2D eigenvalue weighted by Crippen LogP contribution is 2.27. The van der Waals surface area contributed by atoms with Crippen molar-refractivity contribution >= 4 is 28.0 Å². The van der Waals surface area contributed by atoms with E-state index < -0.39 is 0 Å². The van der Waals surface area contributed by atoms with Crippen LogP contribution in [0.1, 0.15) is 5.56 Å². The van der Waals surface area contributed by atoms with Gasteiger partial charge in [0.15, 0.2) is 0 Å². The van der Waals surface area contributed by atoms with E-state index in [1.165, 1.54) is 10.8 Å². The quantitative estimate of drug-likeness (QED) is 0.762. The zero-order valence-corrected chi connectivity index (χ0v) is 11.7. The molecular formula is C17H17N3. The number of nitrogen functional groups attached to an aromatic ring is 1. The molecule has 3 heteroatoms. The lowest BCUT2D eigenvalue weighted by Crippen LogP contribution is -2.11. The van der Waals surface area contributed by atoms with Gasteiger partial charge in [-0.25, -0.2) is 4.98 Å². The summed E-state index contributed by atoms with van der Waals surface area (Å²) in [5.74, 6) is 0.895. The van der Waals surface area contributed by atoms with Crippen LogP contribution in [0.15, 0.2) is 54.7 Å². The molecule has 3 aromatic rings. The summed E-state index contributed by atoms with van der Waals surface area (Å²) in [6, 6.07) is 16.8. The summed E-state index contributed by atoms with van der Waals surface area (Å²) in [5.41, 5.74) is 8.70. The minimum Gasteiger partial charge on any atom is -0.397 e. The van der Waals surface area contributed by atoms with Gasteiger partial charge in [-0.1, -0.05) is 30.3 Å². The molecule has 20 heavy (non-hydrogen) atoms.